The number of nitrogens with zero attached hydrogens (tertiary/aromatic N) is 15. The summed E-state index contributed by atoms with van der Waals surface area (Å²) >= 11 is 0. The Bertz CT molecular complexity index is 6380. The maximum Gasteiger partial charge on any atom is 0.268 e. The third-order valence-electron chi connectivity index (χ3n) is 14.7. The Morgan fingerprint density at radius 1 is 0.276 bits per heavy atom. The first kappa shape index (κ1) is 75.9. The molecule has 0 aliphatic rings. The van der Waals surface area contributed by atoms with Gasteiger partial charge in [-0.15, -0.1) is 0 Å². The van der Waals surface area contributed by atoms with Crippen molar-refractivity contribution >= 4 is 50.9 Å². The van der Waals surface area contributed by atoms with Crippen LogP contribution in [0.2, 0.25) is 0 Å². The van der Waals surface area contributed by atoms with Crippen molar-refractivity contribution in [2.45, 2.75) is 0 Å². The Kier molecular flexibility index (Phi) is 23.3. The lowest BCUT2D eigenvalue weighted by atomic mass is 9.94. The molecule has 0 aliphatic heterocycles. The van der Waals surface area contributed by atoms with Crippen molar-refractivity contribution in [1.82, 2.24) is 0 Å². The van der Waals surface area contributed by atoms with Crippen molar-refractivity contribution in [2.24, 2.45) is 0 Å². The lowest BCUT2D eigenvalue weighted by Crippen LogP contribution is -2.18. The summed E-state index contributed by atoms with van der Waals surface area (Å²) in [4.78, 5) is 16.4. The summed E-state index contributed by atoms with van der Waals surface area (Å²) in [5, 5.41) is 82.6. The number of halogens is 15. The van der Waals surface area contributed by atoms with Crippen molar-refractivity contribution in [2.75, 3.05) is 0 Å². The van der Waals surface area contributed by atoms with Gasteiger partial charge in [-0.1, -0.05) is 66.7 Å². The Balaban J connectivity index is 0.000000220. The summed E-state index contributed by atoms with van der Waals surface area (Å²) in [6.45, 7) is 41.5. The van der Waals surface area contributed by atoms with Crippen LogP contribution in [0.15, 0.2) is 109 Å². The lowest BCUT2D eigenvalue weighted by molar-refractivity contribution is 0.457. The molecule has 0 heterocycles. The summed E-state index contributed by atoms with van der Waals surface area (Å²) in [5.74, 6) is -27.0. The van der Waals surface area contributed by atoms with Crippen molar-refractivity contribution in [3.05, 3.63) is 330 Å². The highest BCUT2D eigenvalue weighted by molar-refractivity contribution is 5.87. The average Bonchev–Trinajstić information content (AvgIpc) is 0.768. The van der Waals surface area contributed by atoms with E-state index in [-0.39, 0.29) is 70.9 Å². The second-order valence-electron chi connectivity index (χ2n) is 20.2. The van der Waals surface area contributed by atoms with Gasteiger partial charge in [0, 0.05) is 26.8 Å². The largest absolute Gasteiger partial charge is 0.268 e. The van der Waals surface area contributed by atoms with E-state index in [2.05, 4.69) is 29.1 Å². The highest BCUT2D eigenvalue weighted by atomic mass is 19.2. The number of hydrogen-bond donors (Lipinski definition) is 0. The molecular weight excluding hydrogens is 1400 g/mol. The minimum absolute atomic E-state index is 0.00460. The van der Waals surface area contributed by atoms with Gasteiger partial charge >= 0.3 is 0 Å². The molecule has 0 atom stereocenters. The predicted octanol–water partition coefficient (Wildman–Crippen LogP) is 14.2. The van der Waals surface area contributed by atoms with Crippen molar-refractivity contribution < 1.29 is 65.9 Å². The topological polar surface area (TPSA) is 240 Å². The van der Waals surface area contributed by atoms with Gasteiger partial charge in [-0.05, 0) is 80.4 Å². The molecular formula is C75H18F15N15. The Hall–Kier alpha value is -16.5. The van der Waals surface area contributed by atoms with Crippen LogP contribution in [0.25, 0.3) is 96.3 Å². The number of benzene rings is 9. The highest BCUT2D eigenvalue weighted by Crippen LogP contribution is 2.37. The molecule has 9 rings (SSSR count). The van der Waals surface area contributed by atoms with Gasteiger partial charge in [-0.2, -0.15) is 31.6 Å². The molecule has 0 aliphatic carbocycles. The first-order valence-electron chi connectivity index (χ1n) is 27.7. The third kappa shape index (κ3) is 14.3. The molecule has 0 radical (unpaired) electrons. The van der Waals surface area contributed by atoms with Crippen LogP contribution in [0.1, 0.15) is 33.4 Å². The first-order chi connectivity index (χ1) is 50.2. The molecule has 0 saturated heterocycles. The molecule has 0 amide bonds. The number of hydrogen-bond acceptors (Lipinski definition) is 9. The normalized spacial score (nSPS) is 11.8. The molecule has 0 N–H and O–H groups in total. The summed E-state index contributed by atoms with van der Waals surface area (Å²) in [5.41, 5.74) is -14.8. The molecule has 0 fully saturated rings. The van der Waals surface area contributed by atoms with E-state index < -0.39 is 165 Å². The monoisotopic (exact) mass is 1410 g/mol. The van der Waals surface area contributed by atoms with Gasteiger partial charge in [-0.25, -0.2) is 111 Å². The molecule has 9 aromatic rings. The summed E-state index contributed by atoms with van der Waals surface area (Å²) < 4.78 is 218. The van der Waals surface area contributed by atoms with E-state index in [1.165, 1.54) is 30.3 Å². The second kappa shape index (κ2) is 32.2. The number of nitriles is 9. The SMILES string of the molecule is [C-]#[N+]/C(C#N)=c1\cc/c(=C(/C#N)c2c(F)c(F)c([N+]#[C-])c(F)c2F)c(-c2cc(C#N)ccc2F)c1.[C-]#[N+]/C(C#N)=c1\cc/c(=C(/C#N)c2c(F)c(F)c([N+]#[C-])c(F)c2F)c(-c2ccc(C#N)c(F)c2)c1.[C-]#[N+]/C(C#N)=c1\cc/c(=C(/C#N)c2c(F)c(F)c([N+]#[C-])c(F)c2F)c(-c2ccc(C#N)cc2F)c1. The smallest absolute Gasteiger partial charge is 0.232 e. The van der Waals surface area contributed by atoms with Crippen molar-refractivity contribution in [3.8, 4) is 88.0 Å². The quantitative estimate of drug-likeness (QED) is 0.0872. The highest BCUT2D eigenvalue weighted by Gasteiger charge is 2.32. The van der Waals surface area contributed by atoms with Gasteiger partial charge in [0.2, 0.25) is 0 Å². The van der Waals surface area contributed by atoms with Gasteiger partial charge in [0.05, 0.1) is 120 Å². The van der Waals surface area contributed by atoms with Gasteiger partial charge in [0.25, 0.3) is 34.2 Å². The van der Waals surface area contributed by atoms with Gasteiger partial charge < -0.3 is 0 Å². The first-order valence-corrected chi connectivity index (χ1v) is 27.7. The van der Waals surface area contributed by atoms with Crippen LogP contribution in [-0.4, -0.2) is 0 Å². The van der Waals surface area contributed by atoms with E-state index in [1.807, 2.05) is 0 Å². The minimum Gasteiger partial charge on any atom is -0.232 e. The minimum atomic E-state index is -2.02. The Morgan fingerprint density at radius 3 is 0.914 bits per heavy atom. The Labute approximate surface area is 579 Å². The molecule has 9 aromatic carbocycles. The molecule has 105 heavy (non-hydrogen) atoms. The molecule has 0 unspecified atom stereocenters. The Morgan fingerprint density at radius 2 is 0.610 bits per heavy atom. The standard InChI is InChI=1S/3C25H6F5N5/c1-34-19(11-33)13-4-5-14(15(8-13)16-7-12(9-31)3-6-18(16)26)17(10-32)20-21(27)23(29)25(35-2)24(30)22(20)28;1-34-19(11-33)13-4-6-14(16(8-13)15-5-3-12(9-31)7-18(15)26)17(10-32)20-21(27)23(29)25(35-2)24(30)22(20)28;1-34-19(11-33)13-5-6-15(16(7-13)12-3-4-14(9-31)18(26)8-12)17(10-32)20-21(27)23(29)25(35-2)24(30)22(20)28/h3*3-8H/b2*17-14+,19-13+;17-15+,19-13+. The fraction of sp³-hybridized carbons (Fsp3) is 0. The second-order valence-corrected chi connectivity index (χ2v) is 20.2. The van der Waals surface area contributed by atoms with Crippen LogP contribution in [0.4, 0.5) is 82.9 Å². The fourth-order valence-electron chi connectivity index (χ4n) is 9.82. The van der Waals surface area contributed by atoms with E-state index in [9.17, 15) is 103 Å². The van der Waals surface area contributed by atoms with E-state index in [0.717, 1.165) is 97.1 Å². The van der Waals surface area contributed by atoms with E-state index >= 15 is 0 Å². The maximum absolute atomic E-state index is 14.9. The van der Waals surface area contributed by atoms with E-state index in [0.29, 0.717) is 0 Å². The van der Waals surface area contributed by atoms with E-state index in [1.54, 1.807) is 36.4 Å². The van der Waals surface area contributed by atoms with Crippen LogP contribution < -0.4 is 31.3 Å². The van der Waals surface area contributed by atoms with Crippen molar-refractivity contribution in [1.29, 1.82) is 47.4 Å². The van der Waals surface area contributed by atoms with Crippen LogP contribution >= 0.6 is 0 Å². The fourth-order valence-corrected chi connectivity index (χ4v) is 9.82. The van der Waals surface area contributed by atoms with Gasteiger partial charge in [-0.3, -0.25) is 0 Å². The van der Waals surface area contributed by atoms with Crippen LogP contribution in [-0.2, 0) is 0 Å². The van der Waals surface area contributed by atoms with Gasteiger partial charge in [0.15, 0.2) is 69.8 Å². The lowest BCUT2D eigenvalue weighted by Gasteiger charge is -2.11. The molecule has 0 bridgehead atoms. The molecule has 0 saturated carbocycles. The number of rotatable bonds is 6. The predicted molar refractivity (Wildman–Crippen MR) is 336 cm³/mol. The van der Waals surface area contributed by atoms with Gasteiger partial charge in [0.1, 0.15) is 41.7 Å². The van der Waals surface area contributed by atoms with Crippen LogP contribution in [0.3, 0.4) is 0 Å². The molecule has 0 aromatic heterocycles. The molecule has 498 valence electrons. The molecule has 30 heteroatoms. The molecule has 15 nitrogen and oxygen atoms in total. The maximum atomic E-state index is 14.9. The molecule has 0 spiro atoms. The zero-order chi connectivity index (χ0) is 77.6. The summed E-state index contributed by atoms with van der Waals surface area (Å²) in [7, 11) is 0. The summed E-state index contributed by atoms with van der Waals surface area (Å²) in [6, 6.07) is 33.6. The third-order valence-corrected chi connectivity index (χ3v) is 14.7. The zero-order valence-electron chi connectivity index (χ0n) is 51.3. The van der Waals surface area contributed by atoms with Crippen molar-refractivity contribution in [3.63, 3.8) is 0 Å². The zero-order valence-corrected chi connectivity index (χ0v) is 51.3. The average molecular weight is 1410 g/mol. The summed E-state index contributed by atoms with van der Waals surface area (Å²) in [6.07, 6.45) is 0. The van der Waals surface area contributed by atoms with E-state index in [4.69, 9.17) is 50.0 Å². The van der Waals surface area contributed by atoms with Crippen LogP contribution in [0, 0.1) is 229 Å². The van der Waals surface area contributed by atoms with Crippen LogP contribution in [0.5, 0.6) is 0 Å².